The van der Waals surface area contributed by atoms with Gasteiger partial charge in [0.05, 0.1) is 17.5 Å². The van der Waals surface area contributed by atoms with E-state index in [2.05, 4.69) is 198 Å². The summed E-state index contributed by atoms with van der Waals surface area (Å²) in [6.45, 7) is 0. The second kappa shape index (κ2) is 12.7. The number of thiophene rings is 2. The molecule has 0 fully saturated rings. The highest BCUT2D eigenvalue weighted by Gasteiger charge is 2.45. The summed E-state index contributed by atoms with van der Waals surface area (Å²) in [4.78, 5) is 7.44. The second-order valence-corrected chi connectivity index (χ2v) is 14.0. The maximum absolute atomic E-state index is 2.43. The summed E-state index contributed by atoms with van der Waals surface area (Å²) in [7, 11) is 0. The molecule has 0 unspecified atom stereocenters. The zero-order valence-electron chi connectivity index (χ0n) is 26.6. The van der Waals surface area contributed by atoms with E-state index in [0.29, 0.717) is 0 Å². The quantitative estimate of drug-likeness (QED) is 0.149. The standard InChI is InChI=1S/C45H31N2S2/c1-7-19-32(20-8-1)40-42-38(48-44(40)46(34-23-11-3-12-24-34)35-25-13-4-14-26-35)31-39-43(42)41(33-21-9-2-10-22-33)45(49-39)47(36-27-15-5-16-28-36)37-29-17-6-18-30-37/h1-31H/q+1. The molecule has 0 saturated heterocycles. The van der Waals surface area contributed by atoms with Crippen LogP contribution in [-0.2, 0) is 0 Å². The summed E-state index contributed by atoms with van der Waals surface area (Å²) >= 11 is 3.75. The average molecular weight is 664 g/mol. The third-order valence-corrected chi connectivity index (χ3v) is 11.2. The van der Waals surface area contributed by atoms with Gasteiger partial charge in [0.25, 0.3) is 0 Å². The fourth-order valence-electron chi connectivity index (χ4n) is 6.83. The Morgan fingerprint density at radius 1 is 0.306 bits per heavy atom. The Morgan fingerprint density at radius 2 is 0.571 bits per heavy atom. The van der Waals surface area contributed by atoms with Crippen LogP contribution >= 0.6 is 22.7 Å². The van der Waals surface area contributed by atoms with Crippen LogP contribution in [0.3, 0.4) is 0 Å². The molecule has 9 rings (SSSR count). The molecular formula is C45H31N2S2+. The molecule has 232 valence electrons. The maximum Gasteiger partial charge on any atom is 0.161 e. The highest BCUT2D eigenvalue weighted by molar-refractivity contribution is 7.20. The predicted molar refractivity (Wildman–Crippen MR) is 210 cm³/mol. The van der Waals surface area contributed by atoms with Gasteiger partial charge in [0.15, 0.2) is 20.9 Å². The van der Waals surface area contributed by atoms with E-state index in [0.717, 1.165) is 22.7 Å². The lowest BCUT2D eigenvalue weighted by atomic mass is 9.93. The molecule has 0 spiro atoms. The fourth-order valence-corrected chi connectivity index (χ4v) is 9.53. The minimum absolute atomic E-state index is 1.14. The van der Waals surface area contributed by atoms with E-state index < -0.39 is 0 Å². The largest absolute Gasteiger partial charge is 0.300 e. The normalized spacial score (nSPS) is 11.4. The van der Waals surface area contributed by atoms with Crippen LogP contribution in [0.4, 0.5) is 32.8 Å². The van der Waals surface area contributed by atoms with E-state index in [9.17, 15) is 0 Å². The Hall–Kier alpha value is -5.81. The number of rotatable bonds is 8. The first-order valence-corrected chi connectivity index (χ1v) is 18.1. The summed E-state index contributed by atoms with van der Waals surface area (Å²) in [5.74, 6) is 0. The molecule has 0 N–H and O–H groups in total. The number of anilines is 6. The summed E-state index contributed by atoms with van der Waals surface area (Å²) in [6, 6.07) is 64.9. The van der Waals surface area contributed by atoms with Gasteiger partial charge in [-0.2, -0.15) is 0 Å². The Kier molecular flexibility index (Phi) is 7.58. The van der Waals surface area contributed by atoms with Crippen LogP contribution in [0.25, 0.3) is 33.4 Å². The first-order chi connectivity index (χ1) is 24.3. The zero-order chi connectivity index (χ0) is 32.6. The first kappa shape index (κ1) is 29.3. The van der Waals surface area contributed by atoms with Gasteiger partial charge in [-0.1, -0.05) is 156 Å². The van der Waals surface area contributed by atoms with E-state index in [1.54, 1.807) is 0 Å². The zero-order valence-corrected chi connectivity index (χ0v) is 28.2. The van der Waals surface area contributed by atoms with Crippen LogP contribution in [0.1, 0.15) is 9.75 Å². The number of nitrogens with zero attached hydrogens (tertiary/aromatic N) is 2. The molecule has 6 aromatic carbocycles. The molecule has 0 amide bonds. The van der Waals surface area contributed by atoms with Crippen molar-refractivity contribution in [1.29, 1.82) is 0 Å². The fraction of sp³-hybridized carbons (Fsp3) is 0. The van der Waals surface area contributed by atoms with E-state index in [4.69, 9.17) is 0 Å². The molecule has 0 aliphatic heterocycles. The summed E-state index contributed by atoms with van der Waals surface area (Å²) < 4.78 is 0. The molecule has 1 aliphatic rings. The van der Waals surface area contributed by atoms with Gasteiger partial charge >= 0.3 is 0 Å². The molecule has 2 heterocycles. The third kappa shape index (κ3) is 5.23. The van der Waals surface area contributed by atoms with Crippen LogP contribution in [0.5, 0.6) is 0 Å². The number of hydrogen-bond acceptors (Lipinski definition) is 4. The van der Waals surface area contributed by atoms with Crippen molar-refractivity contribution in [3.63, 3.8) is 0 Å². The highest BCUT2D eigenvalue weighted by atomic mass is 32.1. The number of benzene rings is 6. The van der Waals surface area contributed by atoms with Crippen LogP contribution in [0.15, 0.2) is 182 Å². The Balaban J connectivity index is 1.35. The van der Waals surface area contributed by atoms with Gasteiger partial charge in [0, 0.05) is 22.7 Å². The van der Waals surface area contributed by atoms with Gasteiger partial charge in [0.1, 0.15) is 10.0 Å². The molecule has 2 aromatic heterocycles. The second-order valence-electron chi connectivity index (χ2n) is 11.9. The maximum atomic E-state index is 2.43. The lowest BCUT2D eigenvalue weighted by Crippen LogP contribution is -2.09. The minimum Gasteiger partial charge on any atom is -0.300 e. The van der Waals surface area contributed by atoms with E-state index >= 15 is 0 Å². The molecule has 0 atom stereocenters. The van der Waals surface area contributed by atoms with Gasteiger partial charge < -0.3 is 9.80 Å². The van der Waals surface area contributed by atoms with Crippen LogP contribution < -0.4 is 9.80 Å². The minimum atomic E-state index is 1.14. The topological polar surface area (TPSA) is 6.48 Å². The highest BCUT2D eigenvalue weighted by Crippen LogP contribution is 2.63. The molecule has 49 heavy (non-hydrogen) atoms. The van der Waals surface area contributed by atoms with Gasteiger partial charge in [-0.05, 0) is 59.7 Å². The van der Waals surface area contributed by atoms with Crippen molar-refractivity contribution < 1.29 is 0 Å². The molecule has 4 heteroatoms. The van der Waals surface area contributed by atoms with Crippen molar-refractivity contribution >= 4 is 55.4 Å². The lowest BCUT2D eigenvalue weighted by molar-refractivity contribution is 1.31. The van der Waals surface area contributed by atoms with Gasteiger partial charge in [-0.15, -0.1) is 0 Å². The molecule has 0 bridgehead atoms. The Morgan fingerprint density at radius 3 is 0.857 bits per heavy atom. The van der Waals surface area contributed by atoms with E-state index in [1.807, 2.05) is 22.7 Å². The van der Waals surface area contributed by atoms with Crippen molar-refractivity contribution in [1.82, 2.24) is 0 Å². The van der Waals surface area contributed by atoms with Gasteiger partial charge in [-0.3, -0.25) is 0 Å². The molecule has 0 radical (unpaired) electrons. The Labute approximate surface area is 295 Å². The van der Waals surface area contributed by atoms with Crippen LogP contribution in [0.2, 0.25) is 0 Å². The number of fused-ring (bicyclic) bond motifs is 3. The van der Waals surface area contributed by atoms with Crippen molar-refractivity contribution in [3.05, 3.63) is 198 Å². The molecule has 0 saturated carbocycles. The van der Waals surface area contributed by atoms with Gasteiger partial charge in [0.2, 0.25) is 0 Å². The third-order valence-electron chi connectivity index (χ3n) is 8.93. The molecule has 8 aromatic rings. The first-order valence-electron chi connectivity index (χ1n) is 16.4. The monoisotopic (exact) mass is 663 g/mol. The predicted octanol–water partition coefficient (Wildman–Crippen LogP) is 13.7. The molecular weight excluding hydrogens is 633 g/mol. The van der Waals surface area contributed by atoms with E-state index in [1.165, 1.54) is 53.1 Å². The van der Waals surface area contributed by atoms with Crippen LogP contribution in [-0.4, -0.2) is 0 Å². The van der Waals surface area contributed by atoms with Crippen molar-refractivity contribution in [2.75, 3.05) is 9.80 Å². The molecule has 2 nitrogen and oxygen atoms in total. The lowest BCUT2D eigenvalue weighted by Gasteiger charge is -2.25. The number of hydrogen-bond donors (Lipinski definition) is 0. The van der Waals surface area contributed by atoms with Crippen molar-refractivity contribution in [2.45, 2.75) is 0 Å². The summed E-state index contributed by atoms with van der Waals surface area (Å²) in [5.41, 5.74) is 12.1. The molecule has 1 aliphatic carbocycles. The smallest absolute Gasteiger partial charge is 0.161 e. The van der Waals surface area contributed by atoms with Crippen molar-refractivity contribution in [2.24, 2.45) is 0 Å². The number of para-hydroxylation sites is 4. The van der Waals surface area contributed by atoms with E-state index in [-0.39, 0.29) is 0 Å². The van der Waals surface area contributed by atoms with Crippen molar-refractivity contribution in [3.8, 4) is 33.4 Å². The van der Waals surface area contributed by atoms with Gasteiger partial charge in [-0.25, -0.2) is 0 Å². The summed E-state index contributed by atoms with van der Waals surface area (Å²) in [5, 5.41) is 2.43. The van der Waals surface area contributed by atoms with Crippen LogP contribution in [0, 0.1) is 6.42 Å². The SMILES string of the molecule is c1ccc(-c2c(N(c3ccccc3)c3ccccc3)sc3c2-c2c(sc(N(c4ccccc4)c4ccccc4)c2-c2ccccc2)[CH+]3)cc1. The summed E-state index contributed by atoms with van der Waals surface area (Å²) in [6.07, 6.45) is 2.42. The average Bonchev–Trinajstić information content (AvgIpc) is 3.82. The Bertz CT molecular complexity index is 2080.